The van der Waals surface area contributed by atoms with Crippen LogP contribution in [0, 0.1) is 11.6 Å². The Hall–Kier alpha value is -1.00. The van der Waals surface area contributed by atoms with Crippen LogP contribution in [-0.4, -0.2) is 19.8 Å². The highest BCUT2D eigenvalue weighted by atomic mass is 19.1. The van der Waals surface area contributed by atoms with Gasteiger partial charge in [0, 0.05) is 25.3 Å². The van der Waals surface area contributed by atoms with E-state index in [1.165, 1.54) is 12.1 Å². The van der Waals surface area contributed by atoms with Gasteiger partial charge in [-0.2, -0.15) is 0 Å². The van der Waals surface area contributed by atoms with Crippen LogP contribution in [-0.2, 0) is 4.74 Å². The Balaban J connectivity index is 2.38. The van der Waals surface area contributed by atoms with Crippen molar-refractivity contribution in [1.82, 2.24) is 5.32 Å². The van der Waals surface area contributed by atoms with Crippen molar-refractivity contribution in [2.24, 2.45) is 0 Å². The highest BCUT2D eigenvalue weighted by Crippen LogP contribution is 2.15. The molecule has 1 unspecified atom stereocenters. The molecule has 0 aliphatic carbocycles. The molecule has 1 N–H and O–H groups in total. The maximum absolute atomic E-state index is 13.0. The van der Waals surface area contributed by atoms with E-state index in [0.717, 1.165) is 19.0 Å². The quantitative estimate of drug-likeness (QED) is 0.743. The van der Waals surface area contributed by atoms with Crippen LogP contribution in [0.3, 0.4) is 0 Å². The van der Waals surface area contributed by atoms with E-state index in [-0.39, 0.29) is 6.04 Å². The number of rotatable bonds is 7. The van der Waals surface area contributed by atoms with E-state index in [2.05, 4.69) is 5.32 Å². The molecule has 0 aromatic heterocycles. The third kappa shape index (κ3) is 5.24. The van der Waals surface area contributed by atoms with Crippen LogP contribution >= 0.6 is 0 Å². The molecule has 17 heavy (non-hydrogen) atoms. The van der Waals surface area contributed by atoms with Crippen LogP contribution in [0.5, 0.6) is 0 Å². The number of ether oxygens (including phenoxy) is 1. The molecule has 96 valence electrons. The first-order valence-corrected chi connectivity index (χ1v) is 5.90. The van der Waals surface area contributed by atoms with E-state index in [9.17, 15) is 8.78 Å². The van der Waals surface area contributed by atoms with Gasteiger partial charge >= 0.3 is 0 Å². The molecule has 0 spiro atoms. The fraction of sp³-hybridized carbons (Fsp3) is 0.538. The van der Waals surface area contributed by atoms with Gasteiger partial charge in [0.1, 0.15) is 11.6 Å². The minimum absolute atomic E-state index is 0.0678. The van der Waals surface area contributed by atoms with E-state index in [1.807, 2.05) is 13.8 Å². The molecular formula is C13H19F2NO. The summed E-state index contributed by atoms with van der Waals surface area (Å²) in [5.41, 5.74) is 0.624. The van der Waals surface area contributed by atoms with Crippen molar-refractivity contribution >= 4 is 0 Å². The zero-order chi connectivity index (χ0) is 12.7. The first-order chi connectivity index (χ1) is 8.13. The lowest BCUT2D eigenvalue weighted by molar-refractivity contribution is 0.144. The minimum Gasteiger partial charge on any atom is -0.382 e. The van der Waals surface area contributed by atoms with Crippen LogP contribution in [0.4, 0.5) is 8.78 Å². The van der Waals surface area contributed by atoms with Gasteiger partial charge in [-0.05, 0) is 44.5 Å². The second-order valence-corrected chi connectivity index (χ2v) is 3.93. The molecule has 0 heterocycles. The van der Waals surface area contributed by atoms with E-state index in [1.54, 1.807) is 0 Å². The second kappa shape index (κ2) is 7.35. The Bertz CT molecular complexity index is 324. The maximum atomic E-state index is 13.0. The zero-order valence-electron chi connectivity index (χ0n) is 10.3. The van der Waals surface area contributed by atoms with Crippen LogP contribution < -0.4 is 5.32 Å². The van der Waals surface area contributed by atoms with Crippen LogP contribution in [0.2, 0.25) is 0 Å². The predicted molar refractivity (Wildman–Crippen MR) is 63.9 cm³/mol. The van der Waals surface area contributed by atoms with E-state index >= 15 is 0 Å². The molecule has 0 saturated carbocycles. The lowest BCUT2D eigenvalue weighted by Crippen LogP contribution is -2.21. The molecular weight excluding hydrogens is 224 g/mol. The molecule has 1 rings (SSSR count). The van der Waals surface area contributed by atoms with Gasteiger partial charge in [-0.3, -0.25) is 0 Å². The largest absolute Gasteiger partial charge is 0.382 e. The molecule has 4 heteroatoms. The summed E-state index contributed by atoms with van der Waals surface area (Å²) in [4.78, 5) is 0. The third-order valence-electron chi connectivity index (χ3n) is 2.50. The highest BCUT2D eigenvalue weighted by molar-refractivity contribution is 5.20. The van der Waals surface area contributed by atoms with Gasteiger partial charge in [0.2, 0.25) is 0 Å². The molecule has 0 aliphatic heterocycles. The van der Waals surface area contributed by atoms with Crippen LogP contribution in [0.1, 0.15) is 31.9 Å². The molecule has 0 amide bonds. The standard InChI is InChI=1S/C13H19F2NO/c1-3-17-6-4-5-16-10(2)11-7-12(14)9-13(15)8-11/h7-10,16H,3-6H2,1-2H3. The Labute approximate surface area is 101 Å². The zero-order valence-corrected chi connectivity index (χ0v) is 10.3. The average Bonchev–Trinajstić information content (AvgIpc) is 2.27. The number of hydrogen-bond donors (Lipinski definition) is 1. The number of benzene rings is 1. The summed E-state index contributed by atoms with van der Waals surface area (Å²) in [6.07, 6.45) is 0.885. The topological polar surface area (TPSA) is 21.3 Å². The Kier molecular flexibility index (Phi) is 6.08. The molecule has 0 saturated heterocycles. The summed E-state index contributed by atoms with van der Waals surface area (Å²) in [7, 11) is 0. The van der Waals surface area contributed by atoms with Crippen LogP contribution in [0.25, 0.3) is 0 Å². The van der Waals surface area contributed by atoms with Gasteiger partial charge in [0.05, 0.1) is 0 Å². The first-order valence-electron chi connectivity index (χ1n) is 5.90. The Morgan fingerprint density at radius 1 is 1.24 bits per heavy atom. The number of nitrogens with one attached hydrogen (secondary N) is 1. The minimum atomic E-state index is -0.539. The van der Waals surface area contributed by atoms with Crippen molar-refractivity contribution < 1.29 is 13.5 Å². The monoisotopic (exact) mass is 243 g/mol. The summed E-state index contributed by atoms with van der Waals surface area (Å²) >= 11 is 0. The smallest absolute Gasteiger partial charge is 0.126 e. The van der Waals surface area contributed by atoms with Crippen molar-refractivity contribution in [1.29, 1.82) is 0 Å². The fourth-order valence-electron chi connectivity index (χ4n) is 1.58. The van der Waals surface area contributed by atoms with Crippen LogP contribution in [0.15, 0.2) is 18.2 Å². The van der Waals surface area contributed by atoms with Crippen molar-refractivity contribution in [2.75, 3.05) is 19.8 Å². The molecule has 0 aliphatic rings. The lowest BCUT2D eigenvalue weighted by atomic mass is 10.1. The molecule has 0 bridgehead atoms. The lowest BCUT2D eigenvalue weighted by Gasteiger charge is -2.14. The third-order valence-corrected chi connectivity index (χ3v) is 2.50. The molecule has 1 aromatic carbocycles. The highest BCUT2D eigenvalue weighted by Gasteiger charge is 2.07. The fourth-order valence-corrected chi connectivity index (χ4v) is 1.58. The number of halogens is 2. The predicted octanol–water partition coefficient (Wildman–Crippen LogP) is 3.04. The summed E-state index contributed by atoms with van der Waals surface area (Å²) in [6, 6.07) is 3.51. The normalized spacial score (nSPS) is 12.7. The van der Waals surface area contributed by atoms with E-state index < -0.39 is 11.6 Å². The van der Waals surface area contributed by atoms with Crippen molar-refractivity contribution in [3.8, 4) is 0 Å². The summed E-state index contributed by atoms with van der Waals surface area (Å²) in [6.45, 7) is 6.01. The van der Waals surface area contributed by atoms with E-state index in [4.69, 9.17) is 4.74 Å². The van der Waals surface area contributed by atoms with Gasteiger partial charge in [-0.1, -0.05) is 0 Å². The first kappa shape index (κ1) is 14.1. The maximum Gasteiger partial charge on any atom is 0.126 e. The average molecular weight is 243 g/mol. The Morgan fingerprint density at radius 2 is 1.88 bits per heavy atom. The summed E-state index contributed by atoms with van der Waals surface area (Å²) in [5.74, 6) is -1.08. The number of hydrogen-bond acceptors (Lipinski definition) is 2. The molecule has 1 aromatic rings. The summed E-state index contributed by atoms with van der Waals surface area (Å²) in [5, 5.41) is 3.20. The van der Waals surface area contributed by atoms with Gasteiger partial charge in [-0.15, -0.1) is 0 Å². The second-order valence-electron chi connectivity index (χ2n) is 3.93. The van der Waals surface area contributed by atoms with Gasteiger partial charge in [0.15, 0.2) is 0 Å². The van der Waals surface area contributed by atoms with Crippen molar-refractivity contribution in [2.45, 2.75) is 26.3 Å². The van der Waals surface area contributed by atoms with Gasteiger partial charge < -0.3 is 10.1 Å². The SMILES string of the molecule is CCOCCCNC(C)c1cc(F)cc(F)c1. The molecule has 2 nitrogen and oxygen atoms in total. The molecule has 1 atom stereocenters. The summed E-state index contributed by atoms with van der Waals surface area (Å²) < 4.78 is 31.2. The Morgan fingerprint density at radius 3 is 2.47 bits per heavy atom. The van der Waals surface area contributed by atoms with Gasteiger partial charge in [-0.25, -0.2) is 8.78 Å². The molecule has 0 radical (unpaired) electrons. The van der Waals surface area contributed by atoms with E-state index in [0.29, 0.717) is 18.8 Å². The molecule has 0 fully saturated rings. The van der Waals surface area contributed by atoms with Crippen molar-refractivity contribution in [3.05, 3.63) is 35.4 Å². The van der Waals surface area contributed by atoms with Gasteiger partial charge in [0.25, 0.3) is 0 Å². The van der Waals surface area contributed by atoms with Crippen molar-refractivity contribution in [3.63, 3.8) is 0 Å².